The summed E-state index contributed by atoms with van der Waals surface area (Å²) >= 11 is 1.48. The Bertz CT molecular complexity index is 679. The Morgan fingerprint density at radius 1 is 1.26 bits per heavy atom. The molecule has 5 heterocycles. The molecule has 0 spiro atoms. The molecule has 3 saturated heterocycles. The summed E-state index contributed by atoms with van der Waals surface area (Å²) in [6, 6.07) is 7.99. The van der Waals surface area contributed by atoms with Crippen LogP contribution in [0, 0.1) is 5.92 Å². The minimum Gasteiger partial charge on any atom is -0.347 e. The van der Waals surface area contributed by atoms with Crippen LogP contribution in [-0.4, -0.2) is 41.5 Å². The number of nitrogens with zero attached hydrogens (tertiary/aromatic N) is 2. The van der Waals surface area contributed by atoms with E-state index < -0.39 is 0 Å². The van der Waals surface area contributed by atoms with Crippen molar-refractivity contribution in [2.75, 3.05) is 25.0 Å². The Hall–Kier alpha value is -1.92. The number of anilines is 2. The fraction of sp³-hybridized carbons (Fsp3) is 0.412. The Labute approximate surface area is 139 Å². The third-order valence-electron chi connectivity index (χ3n) is 4.73. The smallest absolute Gasteiger partial charge is 0.261 e. The van der Waals surface area contributed by atoms with E-state index in [2.05, 4.69) is 20.5 Å². The second-order valence-electron chi connectivity index (χ2n) is 6.25. The molecule has 23 heavy (non-hydrogen) atoms. The highest BCUT2D eigenvalue weighted by molar-refractivity contribution is 7.18. The first kappa shape index (κ1) is 14.7. The van der Waals surface area contributed by atoms with Crippen molar-refractivity contribution in [2.24, 2.45) is 5.92 Å². The van der Waals surface area contributed by atoms with Gasteiger partial charge in [0.25, 0.3) is 5.91 Å². The largest absolute Gasteiger partial charge is 0.347 e. The van der Waals surface area contributed by atoms with Crippen LogP contribution < -0.4 is 10.6 Å². The molecule has 5 nitrogen and oxygen atoms in total. The van der Waals surface area contributed by atoms with Crippen LogP contribution in [0.5, 0.6) is 0 Å². The molecule has 0 radical (unpaired) electrons. The first-order chi connectivity index (χ1) is 11.3. The molecule has 0 aliphatic carbocycles. The summed E-state index contributed by atoms with van der Waals surface area (Å²) in [6.45, 7) is 3.38. The molecule has 1 atom stereocenters. The zero-order valence-electron chi connectivity index (χ0n) is 12.9. The fourth-order valence-electron chi connectivity index (χ4n) is 3.47. The van der Waals surface area contributed by atoms with Crippen molar-refractivity contribution in [3.63, 3.8) is 0 Å². The van der Waals surface area contributed by atoms with Crippen LogP contribution >= 0.6 is 11.3 Å². The highest BCUT2D eigenvalue weighted by atomic mass is 32.1. The van der Waals surface area contributed by atoms with Crippen LogP contribution in [0.25, 0.3) is 0 Å². The van der Waals surface area contributed by atoms with Crippen molar-refractivity contribution in [3.8, 4) is 0 Å². The Balaban J connectivity index is 1.39. The minimum atomic E-state index is 0.0491. The molecular formula is C17H20N4OS. The van der Waals surface area contributed by atoms with Crippen molar-refractivity contribution in [2.45, 2.75) is 18.9 Å². The number of hydrogen-bond acceptors (Lipinski definition) is 5. The SMILES string of the molecule is O=C(NC1CN2CCC1CC2)c1ccc(Nc2cccnc2)s1. The van der Waals surface area contributed by atoms with E-state index in [1.54, 1.807) is 12.4 Å². The highest BCUT2D eigenvalue weighted by Gasteiger charge is 2.35. The topological polar surface area (TPSA) is 57.3 Å². The molecule has 0 aromatic carbocycles. The van der Waals surface area contributed by atoms with Gasteiger partial charge in [-0.3, -0.25) is 9.78 Å². The third kappa shape index (κ3) is 3.23. The number of nitrogens with one attached hydrogen (secondary N) is 2. The van der Waals surface area contributed by atoms with Crippen molar-refractivity contribution in [3.05, 3.63) is 41.5 Å². The van der Waals surface area contributed by atoms with Gasteiger partial charge in [-0.2, -0.15) is 0 Å². The Morgan fingerprint density at radius 2 is 2.13 bits per heavy atom. The number of piperidine rings is 3. The van der Waals surface area contributed by atoms with Gasteiger partial charge in [0.05, 0.1) is 21.8 Å². The number of pyridine rings is 1. The van der Waals surface area contributed by atoms with Gasteiger partial charge < -0.3 is 15.5 Å². The van der Waals surface area contributed by atoms with Crippen LogP contribution in [0.15, 0.2) is 36.7 Å². The van der Waals surface area contributed by atoms with Crippen molar-refractivity contribution in [1.29, 1.82) is 0 Å². The number of amides is 1. The molecule has 1 amide bonds. The van der Waals surface area contributed by atoms with E-state index >= 15 is 0 Å². The summed E-state index contributed by atoms with van der Waals surface area (Å²) in [7, 11) is 0. The van der Waals surface area contributed by atoms with E-state index in [4.69, 9.17) is 0 Å². The van der Waals surface area contributed by atoms with E-state index in [1.165, 1.54) is 37.3 Å². The van der Waals surface area contributed by atoms with E-state index in [-0.39, 0.29) is 5.91 Å². The predicted octanol–water partition coefficient (Wildman–Crippen LogP) is 2.71. The standard InChI is InChI=1S/C17H20N4OS/c22-17(20-14-11-21-8-5-12(14)6-9-21)15-3-4-16(23-15)19-13-2-1-7-18-10-13/h1-4,7,10,12,14,19H,5-6,8-9,11H2,(H,20,22). The van der Waals surface area contributed by atoms with Crippen molar-refractivity contribution >= 4 is 27.9 Å². The molecule has 3 fully saturated rings. The maximum Gasteiger partial charge on any atom is 0.261 e. The summed E-state index contributed by atoms with van der Waals surface area (Å²) in [5.41, 5.74) is 0.929. The van der Waals surface area contributed by atoms with E-state index in [1.807, 2.05) is 24.3 Å². The van der Waals surface area contributed by atoms with Crippen LogP contribution in [0.4, 0.5) is 10.7 Å². The van der Waals surface area contributed by atoms with Crippen LogP contribution in [0.3, 0.4) is 0 Å². The summed E-state index contributed by atoms with van der Waals surface area (Å²) < 4.78 is 0. The van der Waals surface area contributed by atoms with Gasteiger partial charge in [-0.1, -0.05) is 0 Å². The lowest BCUT2D eigenvalue weighted by Gasteiger charge is -2.44. The zero-order chi connectivity index (χ0) is 15.6. The molecule has 2 aromatic rings. The normalized spacial score (nSPS) is 26.0. The average molecular weight is 328 g/mol. The molecule has 5 rings (SSSR count). The monoisotopic (exact) mass is 328 g/mol. The number of carbonyl (C=O) groups is 1. The molecular weight excluding hydrogens is 308 g/mol. The minimum absolute atomic E-state index is 0.0491. The lowest BCUT2D eigenvalue weighted by molar-refractivity contribution is 0.0622. The van der Waals surface area contributed by atoms with E-state index in [0.29, 0.717) is 12.0 Å². The fourth-order valence-corrected chi connectivity index (χ4v) is 4.30. The maximum absolute atomic E-state index is 12.5. The molecule has 2 aromatic heterocycles. The number of aromatic nitrogens is 1. The van der Waals surface area contributed by atoms with Gasteiger partial charge >= 0.3 is 0 Å². The molecule has 6 heteroatoms. The van der Waals surface area contributed by atoms with E-state index in [9.17, 15) is 4.79 Å². The molecule has 2 bridgehead atoms. The van der Waals surface area contributed by atoms with Gasteiger partial charge in [0.15, 0.2) is 0 Å². The lowest BCUT2D eigenvalue weighted by Crippen LogP contribution is -2.57. The molecule has 1 unspecified atom stereocenters. The number of fused-ring (bicyclic) bond motifs is 3. The lowest BCUT2D eigenvalue weighted by atomic mass is 9.84. The van der Waals surface area contributed by atoms with Gasteiger partial charge in [-0.05, 0) is 56.1 Å². The van der Waals surface area contributed by atoms with Crippen molar-refractivity contribution < 1.29 is 4.79 Å². The third-order valence-corrected chi connectivity index (χ3v) is 5.73. The predicted molar refractivity (Wildman–Crippen MR) is 92.3 cm³/mol. The first-order valence-corrected chi connectivity index (χ1v) is 8.90. The maximum atomic E-state index is 12.5. The van der Waals surface area contributed by atoms with Gasteiger partial charge in [-0.25, -0.2) is 0 Å². The second kappa shape index (κ2) is 6.29. The second-order valence-corrected chi connectivity index (χ2v) is 7.33. The number of carbonyl (C=O) groups excluding carboxylic acids is 1. The molecule has 0 saturated carbocycles. The number of rotatable bonds is 4. The van der Waals surface area contributed by atoms with Crippen LogP contribution in [-0.2, 0) is 0 Å². The molecule has 3 aliphatic heterocycles. The Kier molecular flexibility index (Phi) is 4.01. The summed E-state index contributed by atoms with van der Waals surface area (Å²) in [4.78, 5) is 19.8. The molecule has 3 aliphatic rings. The summed E-state index contributed by atoms with van der Waals surface area (Å²) in [5, 5.41) is 7.47. The average Bonchev–Trinajstić information content (AvgIpc) is 3.05. The van der Waals surface area contributed by atoms with Gasteiger partial charge in [0, 0.05) is 18.8 Å². The highest BCUT2D eigenvalue weighted by Crippen LogP contribution is 2.29. The Morgan fingerprint density at radius 3 is 2.83 bits per heavy atom. The first-order valence-electron chi connectivity index (χ1n) is 8.08. The van der Waals surface area contributed by atoms with Crippen LogP contribution in [0.2, 0.25) is 0 Å². The van der Waals surface area contributed by atoms with Gasteiger partial charge in [-0.15, -0.1) is 11.3 Å². The number of thiophene rings is 1. The summed E-state index contributed by atoms with van der Waals surface area (Å²) in [6.07, 6.45) is 5.94. The summed E-state index contributed by atoms with van der Waals surface area (Å²) in [5.74, 6) is 0.699. The number of hydrogen-bond donors (Lipinski definition) is 2. The quantitative estimate of drug-likeness (QED) is 0.906. The van der Waals surface area contributed by atoms with Crippen molar-refractivity contribution in [1.82, 2.24) is 15.2 Å². The molecule has 2 N–H and O–H groups in total. The van der Waals surface area contributed by atoms with E-state index in [0.717, 1.165) is 22.1 Å². The zero-order valence-corrected chi connectivity index (χ0v) is 13.7. The van der Waals surface area contributed by atoms with Crippen LogP contribution in [0.1, 0.15) is 22.5 Å². The molecule has 120 valence electrons. The van der Waals surface area contributed by atoms with Gasteiger partial charge in [0.2, 0.25) is 0 Å². The van der Waals surface area contributed by atoms with Gasteiger partial charge in [0.1, 0.15) is 0 Å².